The highest BCUT2D eigenvalue weighted by molar-refractivity contribution is 5.91. The van der Waals surface area contributed by atoms with E-state index in [1.54, 1.807) is 29.1 Å². The average molecular weight is 290 g/mol. The SMILES string of the molecule is CCCC(O)(CCC)CC(=O)Nc1ccc2nncn2c1. The molecular formula is C15H22N4O2. The molecule has 6 heteroatoms. The Kier molecular flexibility index (Phi) is 4.90. The fraction of sp³-hybridized carbons (Fsp3) is 0.533. The summed E-state index contributed by atoms with van der Waals surface area (Å²) in [6, 6.07) is 3.56. The van der Waals surface area contributed by atoms with Crippen molar-refractivity contribution in [2.24, 2.45) is 0 Å². The number of amides is 1. The van der Waals surface area contributed by atoms with E-state index in [1.807, 2.05) is 13.8 Å². The van der Waals surface area contributed by atoms with Gasteiger partial charge < -0.3 is 10.4 Å². The zero-order valence-corrected chi connectivity index (χ0v) is 12.5. The van der Waals surface area contributed by atoms with E-state index < -0.39 is 5.60 Å². The normalized spacial score (nSPS) is 11.8. The summed E-state index contributed by atoms with van der Waals surface area (Å²) in [5.41, 5.74) is 0.484. The van der Waals surface area contributed by atoms with Gasteiger partial charge in [-0.15, -0.1) is 10.2 Å². The van der Waals surface area contributed by atoms with Gasteiger partial charge >= 0.3 is 0 Å². The van der Waals surface area contributed by atoms with Crippen LogP contribution in [0.25, 0.3) is 5.65 Å². The number of hydrogen-bond acceptors (Lipinski definition) is 4. The van der Waals surface area contributed by atoms with Gasteiger partial charge in [0.05, 0.1) is 17.7 Å². The van der Waals surface area contributed by atoms with E-state index in [-0.39, 0.29) is 12.3 Å². The average Bonchev–Trinajstić information content (AvgIpc) is 2.86. The molecule has 114 valence electrons. The number of rotatable bonds is 7. The quantitative estimate of drug-likeness (QED) is 0.820. The molecule has 0 saturated heterocycles. The molecule has 0 aromatic carbocycles. The molecule has 0 aliphatic heterocycles. The van der Waals surface area contributed by atoms with Gasteiger partial charge in [0.25, 0.3) is 0 Å². The van der Waals surface area contributed by atoms with Crippen molar-refractivity contribution in [3.63, 3.8) is 0 Å². The second-order valence-corrected chi connectivity index (χ2v) is 5.46. The molecule has 0 fully saturated rings. The molecule has 1 amide bonds. The maximum atomic E-state index is 12.1. The van der Waals surface area contributed by atoms with Gasteiger partial charge in [0, 0.05) is 6.20 Å². The van der Waals surface area contributed by atoms with Crippen LogP contribution in [-0.2, 0) is 4.79 Å². The molecule has 0 radical (unpaired) electrons. The highest BCUT2D eigenvalue weighted by atomic mass is 16.3. The molecule has 2 aromatic heterocycles. The van der Waals surface area contributed by atoms with Gasteiger partial charge in [0.15, 0.2) is 5.65 Å². The standard InChI is InChI=1S/C15H22N4O2/c1-3-7-15(21,8-4-2)9-14(20)17-12-5-6-13-18-16-11-19(13)10-12/h5-6,10-11,21H,3-4,7-9H2,1-2H3,(H,17,20). The monoisotopic (exact) mass is 290 g/mol. The van der Waals surface area contributed by atoms with Gasteiger partial charge in [0.2, 0.25) is 5.91 Å². The van der Waals surface area contributed by atoms with Crippen LogP contribution in [0, 0.1) is 0 Å². The number of aliphatic hydroxyl groups is 1. The number of carbonyl (C=O) groups excluding carboxylic acids is 1. The third-order valence-corrected chi connectivity index (χ3v) is 3.49. The van der Waals surface area contributed by atoms with Gasteiger partial charge in [-0.3, -0.25) is 9.20 Å². The summed E-state index contributed by atoms with van der Waals surface area (Å²) >= 11 is 0. The van der Waals surface area contributed by atoms with Crippen LogP contribution in [0.15, 0.2) is 24.7 Å². The van der Waals surface area contributed by atoms with Gasteiger partial charge in [0.1, 0.15) is 6.33 Å². The minimum Gasteiger partial charge on any atom is -0.389 e. The predicted molar refractivity (Wildman–Crippen MR) is 81.0 cm³/mol. The Morgan fingerprint density at radius 3 is 2.71 bits per heavy atom. The summed E-state index contributed by atoms with van der Waals surface area (Å²) in [6.07, 6.45) is 6.45. The lowest BCUT2D eigenvalue weighted by molar-refractivity contribution is -0.121. The third-order valence-electron chi connectivity index (χ3n) is 3.49. The van der Waals surface area contributed by atoms with E-state index in [9.17, 15) is 9.90 Å². The number of nitrogens with one attached hydrogen (secondary N) is 1. The van der Waals surface area contributed by atoms with Crippen molar-refractivity contribution in [3.05, 3.63) is 24.7 Å². The van der Waals surface area contributed by atoms with Crippen LogP contribution in [0.2, 0.25) is 0 Å². The van der Waals surface area contributed by atoms with Crippen LogP contribution in [0.5, 0.6) is 0 Å². The third kappa shape index (κ3) is 4.01. The Morgan fingerprint density at radius 2 is 2.05 bits per heavy atom. The summed E-state index contributed by atoms with van der Waals surface area (Å²) in [6.45, 7) is 4.02. The van der Waals surface area contributed by atoms with E-state index >= 15 is 0 Å². The first-order valence-electron chi connectivity index (χ1n) is 7.38. The summed E-state index contributed by atoms with van der Waals surface area (Å²) < 4.78 is 1.74. The molecule has 0 spiro atoms. The van der Waals surface area contributed by atoms with Gasteiger partial charge in [-0.2, -0.15) is 0 Å². The number of fused-ring (bicyclic) bond motifs is 1. The summed E-state index contributed by atoms with van der Waals surface area (Å²) in [7, 11) is 0. The molecule has 0 atom stereocenters. The van der Waals surface area contributed by atoms with Crippen LogP contribution >= 0.6 is 0 Å². The molecule has 0 saturated carbocycles. The Balaban J connectivity index is 2.02. The van der Waals surface area contributed by atoms with Crippen LogP contribution in [0.3, 0.4) is 0 Å². The van der Waals surface area contributed by atoms with Crippen LogP contribution in [0.1, 0.15) is 46.0 Å². The Bertz CT molecular complexity index is 602. The second-order valence-electron chi connectivity index (χ2n) is 5.46. The van der Waals surface area contributed by atoms with E-state index in [1.165, 1.54) is 0 Å². The molecule has 2 rings (SSSR count). The topological polar surface area (TPSA) is 79.5 Å². The van der Waals surface area contributed by atoms with Crippen LogP contribution in [0.4, 0.5) is 5.69 Å². The Labute approximate surface area is 124 Å². The fourth-order valence-corrected chi connectivity index (χ4v) is 2.64. The molecule has 6 nitrogen and oxygen atoms in total. The molecular weight excluding hydrogens is 268 g/mol. The lowest BCUT2D eigenvalue weighted by atomic mass is 9.89. The fourth-order valence-electron chi connectivity index (χ4n) is 2.64. The van der Waals surface area contributed by atoms with Gasteiger partial charge in [-0.1, -0.05) is 26.7 Å². The zero-order valence-electron chi connectivity index (χ0n) is 12.5. The zero-order chi connectivity index (χ0) is 15.3. The molecule has 2 aromatic rings. The van der Waals surface area contributed by atoms with E-state index in [0.717, 1.165) is 18.5 Å². The van der Waals surface area contributed by atoms with Gasteiger partial charge in [-0.25, -0.2) is 0 Å². The van der Waals surface area contributed by atoms with E-state index in [0.29, 0.717) is 18.5 Å². The lowest BCUT2D eigenvalue weighted by Gasteiger charge is -2.26. The first-order valence-corrected chi connectivity index (χ1v) is 7.38. The largest absolute Gasteiger partial charge is 0.389 e. The van der Waals surface area contributed by atoms with Crippen molar-refractivity contribution in [1.82, 2.24) is 14.6 Å². The molecule has 0 unspecified atom stereocenters. The molecule has 0 aliphatic rings. The molecule has 2 heterocycles. The van der Waals surface area contributed by atoms with Crippen molar-refractivity contribution in [1.29, 1.82) is 0 Å². The van der Waals surface area contributed by atoms with Crippen molar-refractivity contribution >= 4 is 17.2 Å². The Hall–Kier alpha value is -1.95. The molecule has 0 aliphatic carbocycles. The molecule has 21 heavy (non-hydrogen) atoms. The van der Waals surface area contributed by atoms with Crippen LogP contribution in [-0.4, -0.2) is 31.2 Å². The first-order chi connectivity index (χ1) is 10.1. The minimum atomic E-state index is -0.908. The lowest BCUT2D eigenvalue weighted by Crippen LogP contribution is -2.33. The van der Waals surface area contributed by atoms with E-state index in [2.05, 4.69) is 15.5 Å². The minimum absolute atomic E-state index is 0.120. The summed E-state index contributed by atoms with van der Waals surface area (Å²) in [4.78, 5) is 12.1. The maximum absolute atomic E-state index is 12.1. The highest BCUT2D eigenvalue weighted by Crippen LogP contribution is 2.24. The van der Waals surface area contributed by atoms with Gasteiger partial charge in [-0.05, 0) is 25.0 Å². The number of nitrogens with zero attached hydrogens (tertiary/aromatic N) is 3. The predicted octanol–water partition coefficient (Wildman–Crippen LogP) is 2.39. The smallest absolute Gasteiger partial charge is 0.227 e. The molecule has 0 bridgehead atoms. The number of carbonyl (C=O) groups is 1. The van der Waals surface area contributed by atoms with Crippen molar-refractivity contribution in [2.75, 3.05) is 5.32 Å². The molecule has 2 N–H and O–H groups in total. The summed E-state index contributed by atoms with van der Waals surface area (Å²) in [5, 5.41) is 21.0. The highest BCUT2D eigenvalue weighted by Gasteiger charge is 2.28. The summed E-state index contributed by atoms with van der Waals surface area (Å²) in [5.74, 6) is -0.174. The Morgan fingerprint density at radius 1 is 1.33 bits per heavy atom. The van der Waals surface area contributed by atoms with E-state index in [4.69, 9.17) is 0 Å². The number of hydrogen-bond donors (Lipinski definition) is 2. The van der Waals surface area contributed by atoms with Crippen LogP contribution < -0.4 is 5.32 Å². The maximum Gasteiger partial charge on any atom is 0.227 e. The number of pyridine rings is 1. The van der Waals surface area contributed by atoms with Crippen molar-refractivity contribution in [2.45, 2.75) is 51.6 Å². The van der Waals surface area contributed by atoms with Crippen molar-refractivity contribution < 1.29 is 9.90 Å². The number of aromatic nitrogens is 3. The second kappa shape index (κ2) is 6.67. The number of anilines is 1. The first kappa shape index (κ1) is 15.4. The van der Waals surface area contributed by atoms with Crippen molar-refractivity contribution in [3.8, 4) is 0 Å².